The van der Waals surface area contributed by atoms with Gasteiger partial charge in [0.2, 0.25) is 0 Å². The Balaban J connectivity index is 1.58. The second-order valence-electron chi connectivity index (χ2n) is 5.88. The zero-order valence-electron chi connectivity index (χ0n) is 14.0. The lowest BCUT2D eigenvalue weighted by Crippen LogP contribution is -2.51. The first-order valence-corrected chi connectivity index (χ1v) is 8.18. The molecule has 0 unspecified atom stereocenters. The first-order chi connectivity index (χ1) is 12.6. The number of carbonyl (C=O) groups is 2. The van der Waals surface area contributed by atoms with Gasteiger partial charge in [-0.25, -0.2) is 4.39 Å². The minimum Gasteiger partial charge on any atom is -0.366 e. The number of anilines is 2. The van der Waals surface area contributed by atoms with Crippen molar-refractivity contribution in [2.24, 2.45) is 0 Å². The average Bonchev–Trinajstić information content (AvgIpc) is 2.68. The van der Waals surface area contributed by atoms with E-state index in [2.05, 4.69) is 5.32 Å². The van der Waals surface area contributed by atoms with Crippen molar-refractivity contribution in [1.82, 2.24) is 4.90 Å². The summed E-state index contributed by atoms with van der Waals surface area (Å²) in [4.78, 5) is 27.8. The molecule has 2 aromatic carbocycles. The molecular weight excluding hydrogens is 335 g/mol. The van der Waals surface area contributed by atoms with Gasteiger partial charge in [-0.2, -0.15) is 5.26 Å². The van der Waals surface area contributed by atoms with E-state index in [4.69, 9.17) is 5.26 Å². The quantitative estimate of drug-likeness (QED) is 0.839. The maximum Gasteiger partial charge on any atom is 0.313 e. The second kappa shape index (κ2) is 7.66. The van der Waals surface area contributed by atoms with Crippen LogP contribution in [0.2, 0.25) is 0 Å². The molecule has 132 valence electrons. The number of nitrogens with zero attached hydrogens (tertiary/aromatic N) is 3. The van der Waals surface area contributed by atoms with Crippen molar-refractivity contribution in [3.63, 3.8) is 0 Å². The lowest BCUT2D eigenvalue weighted by Gasteiger charge is -2.35. The minimum absolute atomic E-state index is 0.303. The van der Waals surface area contributed by atoms with E-state index in [9.17, 15) is 14.0 Å². The highest BCUT2D eigenvalue weighted by Crippen LogP contribution is 2.20. The lowest BCUT2D eigenvalue weighted by atomic mass is 10.2. The third kappa shape index (κ3) is 3.81. The van der Waals surface area contributed by atoms with Crippen LogP contribution < -0.4 is 10.2 Å². The zero-order valence-corrected chi connectivity index (χ0v) is 14.0. The first-order valence-electron chi connectivity index (χ1n) is 8.18. The number of piperazine rings is 1. The van der Waals surface area contributed by atoms with Crippen LogP contribution in [-0.2, 0) is 9.59 Å². The number of para-hydroxylation sites is 1. The summed E-state index contributed by atoms with van der Waals surface area (Å²) in [5.74, 6) is -1.69. The summed E-state index contributed by atoms with van der Waals surface area (Å²) in [6, 6.07) is 14.8. The Morgan fingerprint density at radius 2 is 1.77 bits per heavy atom. The summed E-state index contributed by atoms with van der Waals surface area (Å²) in [6.45, 7) is 1.56. The fourth-order valence-corrected chi connectivity index (χ4v) is 2.85. The summed E-state index contributed by atoms with van der Waals surface area (Å²) in [7, 11) is 0. The number of halogens is 1. The summed E-state index contributed by atoms with van der Waals surface area (Å²) in [5.41, 5.74) is 1.29. The number of carbonyl (C=O) groups excluding carboxylic acids is 2. The summed E-state index contributed by atoms with van der Waals surface area (Å²) in [5, 5.41) is 11.4. The summed E-state index contributed by atoms with van der Waals surface area (Å²) < 4.78 is 13.9. The highest BCUT2D eigenvalue weighted by Gasteiger charge is 2.27. The Hall–Kier alpha value is -3.40. The number of nitriles is 1. The van der Waals surface area contributed by atoms with Crippen LogP contribution in [0, 0.1) is 17.1 Å². The predicted octanol–water partition coefficient (Wildman–Crippen LogP) is 1.98. The maximum atomic E-state index is 13.9. The lowest BCUT2D eigenvalue weighted by molar-refractivity contribution is -0.143. The van der Waals surface area contributed by atoms with Crippen molar-refractivity contribution < 1.29 is 14.0 Å². The molecule has 0 radical (unpaired) electrons. The Morgan fingerprint density at radius 1 is 1.04 bits per heavy atom. The van der Waals surface area contributed by atoms with Crippen molar-refractivity contribution in [1.29, 1.82) is 5.26 Å². The zero-order chi connectivity index (χ0) is 18.5. The van der Waals surface area contributed by atoms with Crippen LogP contribution in [-0.4, -0.2) is 42.9 Å². The number of amides is 2. The van der Waals surface area contributed by atoms with Crippen molar-refractivity contribution >= 4 is 23.2 Å². The van der Waals surface area contributed by atoms with Gasteiger partial charge < -0.3 is 15.1 Å². The highest BCUT2D eigenvalue weighted by atomic mass is 19.1. The molecule has 7 heteroatoms. The Morgan fingerprint density at radius 3 is 2.46 bits per heavy atom. The molecule has 1 N–H and O–H groups in total. The van der Waals surface area contributed by atoms with E-state index in [1.165, 1.54) is 17.0 Å². The van der Waals surface area contributed by atoms with Gasteiger partial charge in [-0.15, -0.1) is 0 Å². The van der Waals surface area contributed by atoms with Gasteiger partial charge in [0.1, 0.15) is 5.82 Å². The van der Waals surface area contributed by atoms with Crippen LogP contribution in [0.4, 0.5) is 15.8 Å². The van der Waals surface area contributed by atoms with E-state index in [1.54, 1.807) is 36.4 Å². The third-order valence-electron chi connectivity index (χ3n) is 4.20. The molecule has 0 aromatic heterocycles. The van der Waals surface area contributed by atoms with Gasteiger partial charge in [0.25, 0.3) is 0 Å². The average molecular weight is 352 g/mol. The molecule has 0 aliphatic carbocycles. The van der Waals surface area contributed by atoms with E-state index in [0.29, 0.717) is 43.1 Å². The van der Waals surface area contributed by atoms with Crippen LogP contribution in [0.25, 0.3) is 0 Å². The summed E-state index contributed by atoms with van der Waals surface area (Å²) in [6.07, 6.45) is 0. The van der Waals surface area contributed by atoms with E-state index < -0.39 is 11.8 Å². The molecule has 0 saturated carbocycles. The number of benzene rings is 2. The topological polar surface area (TPSA) is 76.4 Å². The van der Waals surface area contributed by atoms with Crippen molar-refractivity contribution in [3.8, 4) is 6.07 Å². The molecule has 1 heterocycles. The molecule has 6 nitrogen and oxygen atoms in total. The molecule has 26 heavy (non-hydrogen) atoms. The SMILES string of the molecule is N#Cc1cccc(NC(=O)C(=O)N2CCN(c3ccccc3F)CC2)c1. The number of nitrogens with one attached hydrogen (secondary N) is 1. The van der Waals surface area contributed by atoms with Crippen LogP contribution in [0.5, 0.6) is 0 Å². The fourth-order valence-electron chi connectivity index (χ4n) is 2.85. The van der Waals surface area contributed by atoms with Gasteiger partial charge in [-0.3, -0.25) is 9.59 Å². The monoisotopic (exact) mass is 352 g/mol. The van der Waals surface area contributed by atoms with Crippen LogP contribution in [0.15, 0.2) is 48.5 Å². The number of rotatable bonds is 2. The Labute approximate surface area is 150 Å². The van der Waals surface area contributed by atoms with E-state index in [1.807, 2.05) is 11.0 Å². The normalized spacial score (nSPS) is 13.8. The molecule has 0 spiro atoms. The number of hydrogen-bond donors (Lipinski definition) is 1. The predicted molar refractivity (Wildman–Crippen MR) is 95.0 cm³/mol. The van der Waals surface area contributed by atoms with Gasteiger partial charge in [0, 0.05) is 31.9 Å². The molecule has 2 amide bonds. The van der Waals surface area contributed by atoms with Crippen molar-refractivity contribution in [3.05, 3.63) is 59.9 Å². The van der Waals surface area contributed by atoms with Gasteiger partial charge in [0.05, 0.1) is 17.3 Å². The molecule has 1 saturated heterocycles. The standard InChI is InChI=1S/C19H17FN4O2/c20-16-6-1-2-7-17(16)23-8-10-24(11-9-23)19(26)18(25)22-15-5-3-4-14(12-15)13-21/h1-7,12H,8-11H2,(H,22,25). The molecule has 0 bridgehead atoms. The molecule has 1 fully saturated rings. The molecular formula is C19H17FN4O2. The molecule has 0 atom stereocenters. The fraction of sp³-hybridized carbons (Fsp3) is 0.211. The molecule has 1 aliphatic rings. The minimum atomic E-state index is -0.751. The van der Waals surface area contributed by atoms with Crippen LogP contribution in [0.1, 0.15) is 5.56 Å². The smallest absolute Gasteiger partial charge is 0.313 e. The van der Waals surface area contributed by atoms with Crippen LogP contribution >= 0.6 is 0 Å². The molecule has 2 aromatic rings. The van der Waals surface area contributed by atoms with E-state index >= 15 is 0 Å². The first kappa shape index (κ1) is 17.4. The van der Waals surface area contributed by atoms with Gasteiger partial charge in [0.15, 0.2) is 0 Å². The largest absolute Gasteiger partial charge is 0.366 e. The Bertz CT molecular complexity index is 870. The third-order valence-corrected chi connectivity index (χ3v) is 4.20. The van der Waals surface area contributed by atoms with E-state index in [-0.39, 0.29) is 5.82 Å². The number of hydrogen-bond acceptors (Lipinski definition) is 4. The van der Waals surface area contributed by atoms with Gasteiger partial charge >= 0.3 is 11.8 Å². The highest BCUT2D eigenvalue weighted by molar-refractivity contribution is 6.39. The molecule has 3 rings (SSSR count). The summed E-state index contributed by atoms with van der Waals surface area (Å²) >= 11 is 0. The Kier molecular flexibility index (Phi) is 5.13. The van der Waals surface area contributed by atoms with Crippen molar-refractivity contribution in [2.45, 2.75) is 0 Å². The molecule has 1 aliphatic heterocycles. The van der Waals surface area contributed by atoms with E-state index in [0.717, 1.165) is 0 Å². The second-order valence-corrected chi connectivity index (χ2v) is 5.88. The van der Waals surface area contributed by atoms with Gasteiger partial charge in [-0.05, 0) is 30.3 Å². The van der Waals surface area contributed by atoms with Gasteiger partial charge in [-0.1, -0.05) is 18.2 Å². The van der Waals surface area contributed by atoms with Crippen LogP contribution in [0.3, 0.4) is 0 Å². The van der Waals surface area contributed by atoms with Crippen molar-refractivity contribution in [2.75, 3.05) is 36.4 Å². The maximum absolute atomic E-state index is 13.9.